The molecule has 2 aromatic carbocycles. The van der Waals surface area contributed by atoms with Crippen molar-refractivity contribution in [1.29, 1.82) is 5.26 Å². The van der Waals surface area contributed by atoms with Crippen LogP contribution in [0.15, 0.2) is 48.5 Å². The van der Waals surface area contributed by atoms with E-state index in [9.17, 15) is 9.59 Å². The number of nitrogens with zero attached hydrogens (tertiary/aromatic N) is 2. The largest absolute Gasteiger partial charge is 0.497 e. The van der Waals surface area contributed by atoms with Gasteiger partial charge in [-0.3, -0.25) is 4.90 Å². The lowest BCUT2D eigenvalue weighted by Gasteiger charge is -2.19. The van der Waals surface area contributed by atoms with Crippen LogP contribution in [0.1, 0.15) is 13.3 Å². The van der Waals surface area contributed by atoms with Gasteiger partial charge < -0.3 is 20.1 Å². The van der Waals surface area contributed by atoms with Gasteiger partial charge in [0.25, 0.3) is 0 Å². The molecule has 2 rings (SSSR count). The number of anilines is 2. The smallest absolute Gasteiger partial charge is 0.420 e. The summed E-state index contributed by atoms with van der Waals surface area (Å²) in [5.41, 5.74) is 0.950. The zero-order valence-electron chi connectivity index (χ0n) is 15.8. The molecule has 0 spiro atoms. The summed E-state index contributed by atoms with van der Waals surface area (Å²) in [6.45, 7) is 2.32. The first-order chi connectivity index (χ1) is 13.6. The molecular formula is C20H22N4O4. The van der Waals surface area contributed by atoms with E-state index in [1.165, 1.54) is 18.1 Å². The molecule has 0 fully saturated rings. The van der Waals surface area contributed by atoms with Gasteiger partial charge in [0, 0.05) is 24.4 Å². The number of nitriles is 1. The number of carbonyl (C=O) groups excluding carboxylic acids is 2. The molecule has 3 amide bonds. The van der Waals surface area contributed by atoms with E-state index in [1.54, 1.807) is 42.5 Å². The summed E-state index contributed by atoms with van der Waals surface area (Å²) in [5, 5.41) is 14.4. The van der Waals surface area contributed by atoms with Crippen molar-refractivity contribution in [2.45, 2.75) is 13.3 Å². The van der Waals surface area contributed by atoms with E-state index in [0.717, 1.165) is 6.42 Å². The second-order valence-electron chi connectivity index (χ2n) is 5.72. The maximum atomic E-state index is 12.6. The number of ether oxygens (including phenoxy) is 2. The Morgan fingerprint density at radius 3 is 2.61 bits per heavy atom. The Balaban J connectivity index is 2.12. The number of benzene rings is 2. The fourth-order valence-corrected chi connectivity index (χ4v) is 2.32. The van der Waals surface area contributed by atoms with Crippen LogP contribution in [-0.2, 0) is 0 Å². The van der Waals surface area contributed by atoms with Gasteiger partial charge in [0.2, 0.25) is 0 Å². The molecule has 8 nitrogen and oxygen atoms in total. The number of hydrogen-bond acceptors (Lipinski definition) is 5. The number of urea groups is 1. The van der Waals surface area contributed by atoms with Crippen LogP contribution >= 0.6 is 0 Å². The van der Waals surface area contributed by atoms with Crippen molar-refractivity contribution < 1.29 is 19.1 Å². The average molecular weight is 382 g/mol. The van der Waals surface area contributed by atoms with Gasteiger partial charge in [-0.15, -0.1) is 0 Å². The second kappa shape index (κ2) is 10.4. The molecule has 0 atom stereocenters. The quantitative estimate of drug-likeness (QED) is 0.710. The van der Waals surface area contributed by atoms with E-state index >= 15 is 0 Å². The monoisotopic (exact) mass is 382 g/mol. The highest BCUT2D eigenvalue weighted by Crippen LogP contribution is 2.23. The highest BCUT2D eigenvalue weighted by molar-refractivity contribution is 5.91. The molecule has 28 heavy (non-hydrogen) atoms. The van der Waals surface area contributed by atoms with Crippen molar-refractivity contribution in [3.63, 3.8) is 0 Å². The summed E-state index contributed by atoms with van der Waals surface area (Å²) >= 11 is 0. The SMILES string of the molecule is CCCNC(=O)Nc1cccc(OC(=O)N(CC#N)c2cccc(OC)c2)c1. The molecule has 0 heterocycles. The van der Waals surface area contributed by atoms with Gasteiger partial charge in [-0.1, -0.05) is 19.1 Å². The van der Waals surface area contributed by atoms with Gasteiger partial charge in [0.05, 0.1) is 18.9 Å². The van der Waals surface area contributed by atoms with Crippen molar-refractivity contribution in [3.05, 3.63) is 48.5 Å². The molecule has 0 bridgehead atoms. The Hall–Kier alpha value is -3.73. The van der Waals surface area contributed by atoms with Gasteiger partial charge in [-0.05, 0) is 30.7 Å². The molecule has 0 radical (unpaired) electrons. The predicted octanol–water partition coefficient (Wildman–Crippen LogP) is 3.76. The molecule has 0 unspecified atom stereocenters. The Kier molecular flexibility index (Phi) is 7.66. The summed E-state index contributed by atoms with van der Waals surface area (Å²) in [6.07, 6.45) is 0.103. The molecule has 0 aliphatic rings. The molecule has 146 valence electrons. The molecule has 0 aromatic heterocycles. The summed E-state index contributed by atoms with van der Waals surface area (Å²) in [5.74, 6) is 0.793. The van der Waals surface area contributed by atoms with E-state index in [1.807, 2.05) is 13.0 Å². The third-order valence-electron chi connectivity index (χ3n) is 3.65. The lowest BCUT2D eigenvalue weighted by atomic mass is 10.2. The lowest BCUT2D eigenvalue weighted by molar-refractivity contribution is 0.208. The number of rotatable bonds is 7. The highest BCUT2D eigenvalue weighted by Gasteiger charge is 2.18. The average Bonchev–Trinajstić information content (AvgIpc) is 2.70. The minimum atomic E-state index is -0.720. The summed E-state index contributed by atoms with van der Waals surface area (Å²) < 4.78 is 10.5. The van der Waals surface area contributed by atoms with Crippen LogP contribution in [0.4, 0.5) is 21.0 Å². The zero-order valence-corrected chi connectivity index (χ0v) is 15.8. The first kappa shape index (κ1) is 20.6. The summed E-state index contributed by atoms with van der Waals surface area (Å²) in [7, 11) is 1.52. The fourth-order valence-electron chi connectivity index (χ4n) is 2.32. The molecule has 0 aliphatic carbocycles. The van der Waals surface area contributed by atoms with Gasteiger partial charge in [0.15, 0.2) is 0 Å². The van der Waals surface area contributed by atoms with Gasteiger partial charge in [0.1, 0.15) is 18.0 Å². The van der Waals surface area contributed by atoms with E-state index in [2.05, 4.69) is 10.6 Å². The van der Waals surface area contributed by atoms with Crippen molar-refractivity contribution in [3.8, 4) is 17.6 Å². The second-order valence-corrected chi connectivity index (χ2v) is 5.72. The number of methoxy groups -OCH3 is 1. The standard InChI is InChI=1S/C20H22N4O4/c1-3-11-22-19(25)23-15-6-4-9-18(13-15)28-20(26)24(12-10-21)16-7-5-8-17(14-16)27-2/h4-9,13-14H,3,11-12H2,1-2H3,(H2,22,23,25). The lowest BCUT2D eigenvalue weighted by Crippen LogP contribution is -2.34. The fraction of sp³-hybridized carbons (Fsp3) is 0.250. The molecule has 0 saturated carbocycles. The molecule has 2 aromatic rings. The van der Waals surface area contributed by atoms with Crippen LogP contribution < -0.4 is 25.0 Å². The maximum absolute atomic E-state index is 12.6. The summed E-state index contributed by atoms with van der Waals surface area (Å²) in [6, 6.07) is 14.8. The van der Waals surface area contributed by atoms with Crippen LogP contribution in [0, 0.1) is 11.3 Å². The Morgan fingerprint density at radius 2 is 1.89 bits per heavy atom. The topological polar surface area (TPSA) is 104 Å². The Morgan fingerprint density at radius 1 is 1.14 bits per heavy atom. The number of carbonyl (C=O) groups is 2. The van der Waals surface area contributed by atoms with Crippen molar-refractivity contribution in [2.75, 3.05) is 30.4 Å². The van der Waals surface area contributed by atoms with Crippen molar-refractivity contribution in [2.24, 2.45) is 0 Å². The first-order valence-corrected chi connectivity index (χ1v) is 8.72. The normalized spacial score (nSPS) is 9.75. The van der Waals surface area contributed by atoms with Gasteiger partial charge in [-0.2, -0.15) is 5.26 Å². The van der Waals surface area contributed by atoms with Crippen LogP contribution in [0.3, 0.4) is 0 Å². The predicted molar refractivity (Wildman–Crippen MR) is 106 cm³/mol. The van der Waals surface area contributed by atoms with Crippen LogP contribution in [0.2, 0.25) is 0 Å². The number of nitrogens with one attached hydrogen (secondary N) is 2. The minimum absolute atomic E-state index is 0.191. The summed E-state index contributed by atoms with van der Waals surface area (Å²) in [4.78, 5) is 25.5. The van der Waals surface area contributed by atoms with Crippen molar-refractivity contribution >= 4 is 23.5 Å². The van der Waals surface area contributed by atoms with E-state index in [-0.39, 0.29) is 18.3 Å². The van der Waals surface area contributed by atoms with Gasteiger partial charge >= 0.3 is 12.1 Å². The van der Waals surface area contributed by atoms with Gasteiger partial charge in [-0.25, -0.2) is 9.59 Å². The molecule has 2 N–H and O–H groups in total. The number of amides is 3. The zero-order chi connectivity index (χ0) is 20.4. The highest BCUT2D eigenvalue weighted by atomic mass is 16.6. The third-order valence-corrected chi connectivity index (χ3v) is 3.65. The van der Waals surface area contributed by atoms with Crippen LogP contribution in [0.5, 0.6) is 11.5 Å². The van der Waals surface area contributed by atoms with Crippen LogP contribution in [0.25, 0.3) is 0 Å². The third kappa shape index (κ3) is 5.92. The minimum Gasteiger partial charge on any atom is -0.497 e. The molecular weight excluding hydrogens is 360 g/mol. The van der Waals surface area contributed by atoms with E-state index in [0.29, 0.717) is 23.7 Å². The molecule has 0 aliphatic heterocycles. The Bertz CT molecular complexity index is 863. The van der Waals surface area contributed by atoms with Crippen LogP contribution in [-0.4, -0.2) is 32.3 Å². The first-order valence-electron chi connectivity index (χ1n) is 8.72. The van der Waals surface area contributed by atoms with Crippen molar-refractivity contribution in [1.82, 2.24) is 5.32 Å². The maximum Gasteiger partial charge on any atom is 0.420 e. The van der Waals surface area contributed by atoms with E-state index < -0.39 is 6.09 Å². The molecule has 0 saturated heterocycles. The molecule has 8 heteroatoms. The van der Waals surface area contributed by atoms with E-state index in [4.69, 9.17) is 14.7 Å². The Labute approximate surface area is 163 Å². The number of hydrogen-bond donors (Lipinski definition) is 2.